The third-order valence-electron chi connectivity index (χ3n) is 4.11. The highest BCUT2D eigenvalue weighted by molar-refractivity contribution is 6.35. The molecule has 120 valence electrons. The molecule has 3 aromatic rings. The lowest BCUT2D eigenvalue weighted by Crippen LogP contribution is -2.17. The molecule has 0 aliphatic heterocycles. The first-order valence-corrected chi connectivity index (χ1v) is 7.66. The molecule has 0 saturated heterocycles. The molecule has 1 amide bonds. The van der Waals surface area contributed by atoms with Gasteiger partial charge in [0.2, 0.25) is 11.9 Å². The van der Waals surface area contributed by atoms with Crippen molar-refractivity contribution >= 4 is 34.5 Å². The standard InChI is InChI=1S/C16H18ClN5O/c1-9-11(10(2)22(4)20-9)8-14(23)18-16-19-15-12(17)6-5-7-13(15)21(16)3/h5-7H,8H2,1-4H3,(H,18,19,23). The van der Waals surface area contributed by atoms with Gasteiger partial charge in [0.05, 0.1) is 22.7 Å². The first-order valence-electron chi connectivity index (χ1n) is 7.28. The van der Waals surface area contributed by atoms with Gasteiger partial charge < -0.3 is 4.57 Å². The highest BCUT2D eigenvalue weighted by atomic mass is 35.5. The summed E-state index contributed by atoms with van der Waals surface area (Å²) in [5.41, 5.74) is 4.36. The molecule has 1 N–H and O–H groups in total. The number of halogens is 1. The minimum absolute atomic E-state index is 0.126. The van der Waals surface area contributed by atoms with Crippen LogP contribution in [0.4, 0.5) is 5.95 Å². The minimum Gasteiger partial charge on any atom is -0.313 e. The van der Waals surface area contributed by atoms with Gasteiger partial charge in [0.1, 0.15) is 5.52 Å². The summed E-state index contributed by atoms with van der Waals surface area (Å²) in [6, 6.07) is 5.56. The van der Waals surface area contributed by atoms with E-state index in [9.17, 15) is 4.79 Å². The van der Waals surface area contributed by atoms with Crippen LogP contribution in [0.15, 0.2) is 18.2 Å². The molecule has 1 aromatic carbocycles. The normalized spacial score (nSPS) is 11.2. The Labute approximate surface area is 139 Å². The van der Waals surface area contributed by atoms with Crippen molar-refractivity contribution in [2.24, 2.45) is 14.1 Å². The summed E-state index contributed by atoms with van der Waals surface area (Å²) in [7, 11) is 3.72. The van der Waals surface area contributed by atoms with E-state index in [0.717, 1.165) is 22.5 Å². The second-order valence-corrected chi connectivity index (χ2v) is 6.01. The molecule has 0 spiro atoms. The topological polar surface area (TPSA) is 64.7 Å². The zero-order chi connectivity index (χ0) is 16.7. The van der Waals surface area contributed by atoms with Crippen LogP contribution in [-0.4, -0.2) is 25.2 Å². The summed E-state index contributed by atoms with van der Waals surface area (Å²) in [5.74, 6) is 0.357. The lowest BCUT2D eigenvalue weighted by atomic mass is 10.1. The largest absolute Gasteiger partial charge is 0.313 e. The maximum atomic E-state index is 12.4. The molecule has 0 atom stereocenters. The monoisotopic (exact) mass is 331 g/mol. The number of imidazole rings is 1. The number of fused-ring (bicyclic) bond motifs is 1. The molecule has 23 heavy (non-hydrogen) atoms. The predicted octanol–water partition coefficient (Wildman–Crippen LogP) is 2.76. The summed E-state index contributed by atoms with van der Waals surface area (Å²) < 4.78 is 3.61. The zero-order valence-electron chi connectivity index (χ0n) is 13.5. The van der Waals surface area contributed by atoms with Gasteiger partial charge in [-0.15, -0.1) is 0 Å². The van der Waals surface area contributed by atoms with E-state index in [-0.39, 0.29) is 12.3 Å². The van der Waals surface area contributed by atoms with Gasteiger partial charge in [0.15, 0.2) is 0 Å². The second kappa shape index (κ2) is 5.70. The van der Waals surface area contributed by atoms with Gasteiger partial charge in [-0.2, -0.15) is 5.10 Å². The summed E-state index contributed by atoms with van der Waals surface area (Å²) in [6.45, 7) is 3.86. The Morgan fingerprint density at radius 3 is 2.65 bits per heavy atom. The third-order valence-corrected chi connectivity index (χ3v) is 4.41. The number of hydrogen-bond acceptors (Lipinski definition) is 3. The Morgan fingerprint density at radius 2 is 2.04 bits per heavy atom. The van der Waals surface area contributed by atoms with Crippen molar-refractivity contribution in [3.05, 3.63) is 40.2 Å². The van der Waals surface area contributed by atoms with E-state index in [1.165, 1.54) is 0 Å². The first-order chi connectivity index (χ1) is 10.9. The van der Waals surface area contributed by atoms with Crippen molar-refractivity contribution in [1.29, 1.82) is 0 Å². The molecule has 0 fully saturated rings. The van der Waals surface area contributed by atoms with Gasteiger partial charge in [-0.3, -0.25) is 14.8 Å². The van der Waals surface area contributed by atoms with Crippen LogP contribution in [0.25, 0.3) is 11.0 Å². The molecule has 0 saturated carbocycles. The SMILES string of the molecule is Cc1nn(C)c(C)c1CC(=O)Nc1nc2c(Cl)cccc2n1C. The average molecular weight is 332 g/mol. The Bertz CT molecular complexity index is 909. The molecule has 2 heterocycles. The lowest BCUT2D eigenvalue weighted by molar-refractivity contribution is -0.115. The number of nitrogens with one attached hydrogen (secondary N) is 1. The first kappa shape index (κ1) is 15.6. The van der Waals surface area contributed by atoms with Crippen LogP contribution < -0.4 is 5.32 Å². The Morgan fingerprint density at radius 1 is 1.30 bits per heavy atom. The van der Waals surface area contributed by atoms with Crippen LogP contribution in [0.5, 0.6) is 0 Å². The summed E-state index contributed by atoms with van der Waals surface area (Å²) in [6.07, 6.45) is 0.266. The van der Waals surface area contributed by atoms with E-state index in [0.29, 0.717) is 16.5 Å². The van der Waals surface area contributed by atoms with Crippen molar-refractivity contribution in [2.75, 3.05) is 5.32 Å². The highest BCUT2D eigenvalue weighted by Crippen LogP contribution is 2.25. The fraction of sp³-hybridized carbons (Fsp3) is 0.312. The number of benzene rings is 1. The van der Waals surface area contributed by atoms with Gasteiger partial charge in [0, 0.05) is 25.4 Å². The quantitative estimate of drug-likeness (QED) is 0.802. The minimum atomic E-state index is -0.126. The van der Waals surface area contributed by atoms with Gasteiger partial charge >= 0.3 is 0 Å². The van der Waals surface area contributed by atoms with E-state index < -0.39 is 0 Å². The predicted molar refractivity (Wildman–Crippen MR) is 90.7 cm³/mol. The third kappa shape index (κ3) is 2.70. The highest BCUT2D eigenvalue weighted by Gasteiger charge is 2.16. The van der Waals surface area contributed by atoms with Crippen LogP contribution >= 0.6 is 11.6 Å². The number of aromatic nitrogens is 4. The fourth-order valence-corrected chi connectivity index (χ4v) is 2.91. The van der Waals surface area contributed by atoms with Gasteiger partial charge in [-0.25, -0.2) is 4.98 Å². The smallest absolute Gasteiger partial charge is 0.231 e. The lowest BCUT2D eigenvalue weighted by Gasteiger charge is -2.05. The molecule has 0 unspecified atom stereocenters. The van der Waals surface area contributed by atoms with E-state index >= 15 is 0 Å². The number of rotatable bonds is 3. The summed E-state index contributed by atoms with van der Waals surface area (Å²) in [5, 5.41) is 7.76. The summed E-state index contributed by atoms with van der Waals surface area (Å²) >= 11 is 6.15. The van der Waals surface area contributed by atoms with Crippen LogP contribution in [-0.2, 0) is 25.3 Å². The van der Waals surface area contributed by atoms with Crippen LogP contribution in [0.1, 0.15) is 17.0 Å². The van der Waals surface area contributed by atoms with Gasteiger partial charge in [-0.1, -0.05) is 17.7 Å². The molecular weight excluding hydrogens is 314 g/mol. The van der Waals surface area contributed by atoms with E-state index in [4.69, 9.17) is 11.6 Å². The molecule has 6 nitrogen and oxygen atoms in total. The second-order valence-electron chi connectivity index (χ2n) is 5.60. The molecule has 7 heteroatoms. The molecule has 0 radical (unpaired) electrons. The number of hydrogen-bond donors (Lipinski definition) is 1. The maximum absolute atomic E-state index is 12.4. The van der Waals surface area contributed by atoms with Gasteiger partial charge in [-0.05, 0) is 26.0 Å². The van der Waals surface area contributed by atoms with E-state index in [1.807, 2.05) is 44.6 Å². The number of nitrogens with zero attached hydrogens (tertiary/aromatic N) is 4. The number of carbonyl (C=O) groups is 1. The van der Waals surface area contributed by atoms with Crippen molar-refractivity contribution in [3.63, 3.8) is 0 Å². The van der Waals surface area contributed by atoms with Crippen molar-refractivity contribution < 1.29 is 4.79 Å². The Balaban J connectivity index is 1.86. The average Bonchev–Trinajstić information content (AvgIpc) is 2.93. The fourth-order valence-electron chi connectivity index (χ4n) is 2.69. The van der Waals surface area contributed by atoms with Gasteiger partial charge in [0.25, 0.3) is 0 Å². The molecule has 0 aliphatic rings. The zero-order valence-corrected chi connectivity index (χ0v) is 14.3. The van der Waals surface area contributed by atoms with E-state index in [1.54, 1.807) is 10.7 Å². The van der Waals surface area contributed by atoms with E-state index in [2.05, 4.69) is 15.4 Å². The number of anilines is 1. The Kier molecular flexibility index (Phi) is 3.85. The number of aryl methyl sites for hydroxylation is 3. The molecule has 0 bridgehead atoms. The van der Waals surface area contributed by atoms with Crippen molar-refractivity contribution in [1.82, 2.24) is 19.3 Å². The molecule has 3 rings (SSSR count). The molecule has 2 aromatic heterocycles. The Hall–Kier alpha value is -2.34. The molecular formula is C16H18ClN5O. The van der Waals surface area contributed by atoms with Crippen LogP contribution in [0.3, 0.4) is 0 Å². The van der Waals surface area contributed by atoms with Crippen LogP contribution in [0, 0.1) is 13.8 Å². The van der Waals surface area contributed by atoms with Crippen molar-refractivity contribution in [3.8, 4) is 0 Å². The van der Waals surface area contributed by atoms with Crippen LogP contribution in [0.2, 0.25) is 5.02 Å². The number of carbonyl (C=O) groups excluding carboxylic acids is 1. The molecule has 0 aliphatic carbocycles. The van der Waals surface area contributed by atoms with Crippen molar-refractivity contribution in [2.45, 2.75) is 20.3 Å². The number of para-hydroxylation sites is 1. The number of amides is 1. The summed E-state index contributed by atoms with van der Waals surface area (Å²) in [4.78, 5) is 16.8. The maximum Gasteiger partial charge on any atom is 0.231 e.